The van der Waals surface area contributed by atoms with Crippen molar-refractivity contribution in [2.75, 3.05) is 0 Å². The third-order valence-electron chi connectivity index (χ3n) is 5.58. The summed E-state index contributed by atoms with van der Waals surface area (Å²) in [4.78, 5) is 4.31. The smallest absolute Gasteiger partial charge is 0.392 e. The van der Waals surface area contributed by atoms with Crippen molar-refractivity contribution >= 4 is 18.0 Å². The average molecular weight is 449 g/mol. The Morgan fingerprint density at radius 1 is 1.25 bits per heavy atom. The van der Waals surface area contributed by atoms with E-state index in [4.69, 9.17) is 16.6 Å². The highest BCUT2D eigenvalue weighted by Gasteiger charge is 2.42. The van der Waals surface area contributed by atoms with Gasteiger partial charge in [-0.3, -0.25) is 4.98 Å². The Morgan fingerprint density at radius 3 is 2.41 bits per heavy atom. The van der Waals surface area contributed by atoms with Crippen LogP contribution in [0, 0.1) is 30.6 Å². The summed E-state index contributed by atoms with van der Waals surface area (Å²) < 4.78 is 40.9. The van der Waals surface area contributed by atoms with Crippen molar-refractivity contribution in [3.8, 4) is 0 Å². The summed E-state index contributed by atoms with van der Waals surface area (Å²) in [5.41, 5.74) is 11.0. The van der Waals surface area contributed by atoms with Gasteiger partial charge in [0, 0.05) is 41.7 Å². The van der Waals surface area contributed by atoms with Crippen molar-refractivity contribution in [2.24, 2.45) is 11.7 Å². The summed E-state index contributed by atoms with van der Waals surface area (Å²) in [5, 5.41) is 15.6. The highest BCUT2D eigenvalue weighted by Crippen LogP contribution is 2.47. The quantitative estimate of drug-likeness (QED) is 0.308. The predicted octanol–water partition coefficient (Wildman–Crippen LogP) is 7.06. The number of rotatable bonds is 7. The molecule has 176 valence electrons. The maximum Gasteiger partial charge on any atom is 0.392 e. The lowest BCUT2D eigenvalue weighted by Gasteiger charge is -2.32. The lowest BCUT2D eigenvalue weighted by atomic mass is 9.75. The number of hydrogen-bond donors (Lipinski definition) is 3. The summed E-state index contributed by atoms with van der Waals surface area (Å²) in [6, 6.07) is 0. The molecule has 1 heterocycles. The lowest BCUT2D eigenvalue weighted by molar-refractivity contribution is -0.176. The van der Waals surface area contributed by atoms with Crippen molar-refractivity contribution in [3.05, 3.63) is 57.6 Å². The zero-order valence-corrected chi connectivity index (χ0v) is 19.7. The summed E-state index contributed by atoms with van der Waals surface area (Å²) >= 11 is 0. The highest BCUT2D eigenvalue weighted by atomic mass is 19.4. The van der Waals surface area contributed by atoms with E-state index < -0.39 is 12.1 Å². The molecule has 2 rings (SSSR count). The maximum absolute atomic E-state index is 13.6. The van der Waals surface area contributed by atoms with Gasteiger partial charge in [-0.05, 0) is 67.4 Å². The minimum Gasteiger partial charge on any atom is -0.404 e. The molecule has 0 spiro atoms. The van der Waals surface area contributed by atoms with Crippen LogP contribution >= 0.6 is 0 Å². The van der Waals surface area contributed by atoms with Crippen LogP contribution in [0.25, 0.3) is 5.57 Å². The van der Waals surface area contributed by atoms with Gasteiger partial charge < -0.3 is 16.6 Å². The highest BCUT2D eigenvalue weighted by molar-refractivity contribution is 5.93. The molecule has 0 aromatic carbocycles. The molecule has 1 aliphatic carbocycles. The van der Waals surface area contributed by atoms with Crippen molar-refractivity contribution in [1.82, 2.24) is 4.98 Å². The number of nitrogens with zero attached hydrogens (tertiary/aromatic N) is 1. The number of hydrogen-bond acceptors (Lipinski definition) is 4. The third-order valence-corrected chi connectivity index (χ3v) is 5.58. The number of halogens is 3. The third kappa shape index (κ3) is 6.17. The molecule has 1 unspecified atom stereocenters. The molecule has 32 heavy (non-hydrogen) atoms. The molecule has 4 N–H and O–H groups in total. The molecule has 0 radical (unpaired) electrons. The normalized spacial score (nSPS) is 17.6. The Kier molecular flexibility index (Phi) is 10.6. The number of aromatic nitrogens is 1. The van der Waals surface area contributed by atoms with E-state index in [1.165, 1.54) is 12.4 Å². The number of nitrogens with two attached hydrogens (primary N) is 1. The summed E-state index contributed by atoms with van der Waals surface area (Å²) in [6.45, 7) is 9.64. The second-order valence-corrected chi connectivity index (χ2v) is 7.57. The topological polar surface area (TPSA) is 86.6 Å². The fourth-order valence-corrected chi connectivity index (χ4v) is 3.99. The molecule has 0 saturated heterocycles. The lowest BCUT2D eigenvalue weighted by Crippen LogP contribution is -2.27. The van der Waals surface area contributed by atoms with E-state index in [0.29, 0.717) is 34.4 Å². The summed E-state index contributed by atoms with van der Waals surface area (Å²) in [5.74, 6) is -1.45. The number of aryl methyl sites for hydroxylation is 2. The van der Waals surface area contributed by atoms with Crippen LogP contribution < -0.4 is 5.73 Å². The van der Waals surface area contributed by atoms with Gasteiger partial charge in [0.25, 0.3) is 0 Å². The van der Waals surface area contributed by atoms with Crippen LogP contribution in [0.4, 0.5) is 13.2 Å². The molecular weight excluding hydrogens is 413 g/mol. The molecule has 0 aliphatic heterocycles. The van der Waals surface area contributed by atoms with E-state index >= 15 is 0 Å². The van der Waals surface area contributed by atoms with Crippen LogP contribution in [0.1, 0.15) is 75.3 Å². The van der Waals surface area contributed by atoms with Gasteiger partial charge in [-0.25, -0.2) is 0 Å². The zero-order valence-electron chi connectivity index (χ0n) is 19.7. The minimum absolute atomic E-state index is 0.00605. The number of unbranched alkanes of at least 4 members (excludes halogenated alkanes) is 1. The van der Waals surface area contributed by atoms with Crippen LogP contribution in [0.5, 0.6) is 0 Å². The standard InChI is InChI=1S/C23H29F3N4.C2H6/c1-4-5-6-18(16(10-27)11-28)20-9-17(23(24,25)26)7-8-19(20)22-14(2)13-30-15(3)21(22)12-29;1-2/h6,10-13,17,27,29H,4-5,7-9,28H2,1-3H3;1-2H3/b16-11+,18-6+,27-10?,29-12?;. The first-order valence-electron chi connectivity index (χ1n) is 11.1. The Hall–Kier alpha value is -2.70. The molecule has 0 fully saturated rings. The van der Waals surface area contributed by atoms with Crippen LogP contribution in [0.3, 0.4) is 0 Å². The number of nitrogens with one attached hydrogen (secondary N) is 2. The van der Waals surface area contributed by atoms with Crippen LogP contribution in [0.15, 0.2) is 35.2 Å². The molecule has 7 heteroatoms. The van der Waals surface area contributed by atoms with Gasteiger partial charge in [0.05, 0.1) is 5.92 Å². The van der Waals surface area contributed by atoms with Gasteiger partial charge in [-0.15, -0.1) is 0 Å². The van der Waals surface area contributed by atoms with Gasteiger partial charge >= 0.3 is 6.18 Å². The van der Waals surface area contributed by atoms with E-state index in [2.05, 4.69) is 4.98 Å². The Balaban J connectivity index is 0.00000249. The van der Waals surface area contributed by atoms with Gasteiger partial charge in [0.2, 0.25) is 0 Å². The molecule has 4 nitrogen and oxygen atoms in total. The fourth-order valence-electron chi connectivity index (χ4n) is 3.99. The first kappa shape index (κ1) is 27.3. The Bertz CT molecular complexity index is 908. The van der Waals surface area contributed by atoms with E-state index in [0.717, 1.165) is 29.3 Å². The molecule has 1 atom stereocenters. The van der Waals surface area contributed by atoms with E-state index in [1.807, 2.05) is 33.8 Å². The molecule has 1 aromatic rings. The molecule has 0 bridgehead atoms. The number of allylic oxidation sites excluding steroid dienone is 5. The van der Waals surface area contributed by atoms with Gasteiger partial charge in [0.15, 0.2) is 0 Å². The number of pyridine rings is 1. The van der Waals surface area contributed by atoms with Gasteiger partial charge in [0.1, 0.15) is 0 Å². The fraction of sp³-hybridized carbons (Fsp3) is 0.480. The van der Waals surface area contributed by atoms with E-state index in [1.54, 1.807) is 13.1 Å². The molecule has 0 saturated carbocycles. The van der Waals surface area contributed by atoms with Crippen molar-refractivity contribution in [2.45, 2.75) is 72.9 Å². The van der Waals surface area contributed by atoms with Crippen molar-refractivity contribution in [1.29, 1.82) is 10.8 Å². The SMILES string of the molecule is CC.CCC/C=C(C1=C(c2c(C)cnc(C)c2C=N)CCC(C(F)(F)F)C1)\C(C=N)=C\N. The Morgan fingerprint density at radius 2 is 1.91 bits per heavy atom. The second kappa shape index (κ2) is 12.4. The zero-order chi connectivity index (χ0) is 24.5. The number of alkyl halides is 3. The molecule has 0 amide bonds. The van der Waals surface area contributed by atoms with Gasteiger partial charge in [-0.1, -0.05) is 33.3 Å². The van der Waals surface area contributed by atoms with Gasteiger partial charge in [-0.2, -0.15) is 13.2 Å². The molecule has 1 aliphatic rings. The monoisotopic (exact) mass is 448 g/mol. The average Bonchev–Trinajstić information content (AvgIpc) is 2.78. The maximum atomic E-state index is 13.6. The van der Waals surface area contributed by atoms with Crippen LogP contribution in [0.2, 0.25) is 0 Å². The summed E-state index contributed by atoms with van der Waals surface area (Å²) in [6.07, 6.45) is 4.42. The largest absolute Gasteiger partial charge is 0.404 e. The first-order chi connectivity index (χ1) is 15.2. The van der Waals surface area contributed by atoms with Crippen LogP contribution in [-0.2, 0) is 0 Å². The van der Waals surface area contributed by atoms with E-state index in [-0.39, 0.29) is 19.3 Å². The van der Waals surface area contributed by atoms with Crippen molar-refractivity contribution in [3.63, 3.8) is 0 Å². The first-order valence-corrected chi connectivity index (χ1v) is 11.1. The molecular formula is C25H35F3N4. The van der Waals surface area contributed by atoms with Crippen LogP contribution in [-0.4, -0.2) is 23.6 Å². The predicted molar refractivity (Wildman–Crippen MR) is 127 cm³/mol. The second-order valence-electron chi connectivity index (χ2n) is 7.57. The Labute approximate surface area is 189 Å². The van der Waals surface area contributed by atoms with Crippen molar-refractivity contribution < 1.29 is 13.2 Å². The molecule has 1 aromatic heterocycles. The minimum atomic E-state index is -4.29. The van der Waals surface area contributed by atoms with E-state index in [9.17, 15) is 13.2 Å². The summed E-state index contributed by atoms with van der Waals surface area (Å²) in [7, 11) is 0.